The van der Waals surface area contributed by atoms with Crippen LogP contribution in [0.2, 0.25) is 0 Å². The summed E-state index contributed by atoms with van der Waals surface area (Å²) in [5.41, 5.74) is 34.7. The molecule has 420 valence electrons. The van der Waals surface area contributed by atoms with E-state index in [1.54, 1.807) is 0 Å². The van der Waals surface area contributed by atoms with Crippen LogP contribution in [-0.4, -0.2) is 0 Å². The number of anilines is 6. The molecule has 2 nitrogen and oxygen atoms in total. The SMILES string of the molecule is CCCc1ccc(-c2ccc(N(c3cccc(N(c4ccc(-c5ccc(CCC)cc5)cc4)c4ccc5c(c4)C4(c6ccccc6-c6ccccc64)c4ccccc4-5)c3)c3ccc4c(c3)C3(C5=C(CCC=C5)c5ccccc53)c3ccccc3-4)cc2)cc1. The molecule has 0 bridgehead atoms. The molecule has 5 aliphatic carbocycles. The minimum atomic E-state index is -0.494. The molecule has 12 aromatic rings. The van der Waals surface area contributed by atoms with Crippen LogP contribution < -0.4 is 9.80 Å². The fourth-order valence-electron chi connectivity index (χ4n) is 16.3. The lowest BCUT2D eigenvalue weighted by molar-refractivity contribution is 0.780. The molecule has 0 N–H and O–H groups in total. The highest BCUT2D eigenvalue weighted by Crippen LogP contribution is 2.66. The summed E-state index contributed by atoms with van der Waals surface area (Å²) in [6.07, 6.45) is 11.4. The summed E-state index contributed by atoms with van der Waals surface area (Å²) >= 11 is 0. The zero-order valence-corrected chi connectivity index (χ0v) is 49.8. The fourth-order valence-corrected chi connectivity index (χ4v) is 16.3. The van der Waals surface area contributed by atoms with E-state index in [4.69, 9.17) is 0 Å². The molecule has 0 saturated carbocycles. The molecule has 12 aromatic carbocycles. The lowest BCUT2D eigenvalue weighted by atomic mass is 9.69. The Morgan fingerprint density at radius 2 is 0.636 bits per heavy atom. The van der Waals surface area contributed by atoms with E-state index in [9.17, 15) is 0 Å². The van der Waals surface area contributed by atoms with Crippen LogP contribution in [0.4, 0.5) is 34.1 Å². The maximum Gasteiger partial charge on any atom is 0.0726 e. The highest BCUT2D eigenvalue weighted by atomic mass is 15.2. The van der Waals surface area contributed by atoms with Crippen molar-refractivity contribution in [1.29, 1.82) is 0 Å². The smallest absolute Gasteiger partial charge is 0.0726 e. The molecule has 2 spiro atoms. The van der Waals surface area contributed by atoms with E-state index < -0.39 is 10.8 Å². The van der Waals surface area contributed by atoms with Crippen molar-refractivity contribution in [2.24, 2.45) is 0 Å². The first kappa shape index (κ1) is 52.1. The second-order valence-electron chi connectivity index (χ2n) is 24.7. The van der Waals surface area contributed by atoms with Gasteiger partial charge < -0.3 is 9.80 Å². The van der Waals surface area contributed by atoms with Crippen LogP contribution in [0.5, 0.6) is 0 Å². The molecular formula is C86H66N2. The first-order chi connectivity index (χ1) is 43.5. The second kappa shape index (κ2) is 20.7. The molecule has 2 heteroatoms. The highest BCUT2D eigenvalue weighted by Gasteiger charge is 2.54. The number of benzene rings is 12. The number of rotatable bonds is 12. The van der Waals surface area contributed by atoms with Crippen molar-refractivity contribution in [2.75, 3.05) is 9.80 Å². The van der Waals surface area contributed by atoms with Gasteiger partial charge in [0.15, 0.2) is 0 Å². The minimum Gasteiger partial charge on any atom is -0.310 e. The van der Waals surface area contributed by atoms with Gasteiger partial charge in [-0.25, -0.2) is 0 Å². The van der Waals surface area contributed by atoms with E-state index in [0.29, 0.717) is 0 Å². The Morgan fingerprint density at radius 3 is 1.07 bits per heavy atom. The second-order valence-corrected chi connectivity index (χ2v) is 24.7. The molecule has 0 radical (unpaired) electrons. The van der Waals surface area contributed by atoms with Crippen molar-refractivity contribution < 1.29 is 0 Å². The Kier molecular flexibility index (Phi) is 12.3. The van der Waals surface area contributed by atoms with E-state index in [0.717, 1.165) is 72.6 Å². The molecule has 0 heterocycles. The van der Waals surface area contributed by atoms with Gasteiger partial charge in [0.05, 0.1) is 10.8 Å². The average molecular weight is 1130 g/mol. The van der Waals surface area contributed by atoms with Crippen molar-refractivity contribution in [3.63, 3.8) is 0 Å². The Bertz CT molecular complexity index is 4740. The lowest BCUT2D eigenvalue weighted by Crippen LogP contribution is -2.27. The Labute approximate surface area is 517 Å². The predicted octanol–water partition coefficient (Wildman–Crippen LogP) is 22.6. The van der Waals surface area contributed by atoms with Crippen LogP contribution in [0, 0.1) is 0 Å². The van der Waals surface area contributed by atoms with Gasteiger partial charge in [0.1, 0.15) is 0 Å². The highest BCUT2D eigenvalue weighted by molar-refractivity contribution is 5.99. The molecule has 17 rings (SSSR count). The van der Waals surface area contributed by atoms with Crippen LogP contribution in [0.3, 0.4) is 0 Å². The third-order valence-electron chi connectivity index (χ3n) is 20.0. The van der Waals surface area contributed by atoms with Crippen molar-refractivity contribution in [1.82, 2.24) is 0 Å². The van der Waals surface area contributed by atoms with Crippen LogP contribution in [0.1, 0.15) is 95.2 Å². The maximum atomic E-state index is 2.54. The third-order valence-corrected chi connectivity index (χ3v) is 20.0. The van der Waals surface area contributed by atoms with E-state index >= 15 is 0 Å². The van der Waals surface area contributed by atoms with Crippen molar-refractivity contribution >= 4 is 39.7 Å². The molecule has 0 aromatic heterocycles. The van der Waals surface area contributed by atoms with Crippen molar-refractivity contribution in [3.8, 4) is 55.6 Å². The van der Waals surface area contributed by atoms with E-state index in [2.05, 4.69) is 315 Å². The molecule has 5 aliphatic rings. The summed E-state index contributed by atoms with van der Waals surface area (Å²) in [5.74, 6) is 0. The third kappa shape index (κ3) is 7.74. The van der Waals surface area contributed by atoms with Gasteiger partial charge in [-0.3, -0.25) is 0 Å². The number of hydrogen-bond acceptors (Lipinski definition) is 2. The number of nitrogens with zero attached hydrogens (tertiary/aromatic N) is 2. The number of fused-ring (bicyclic) bond motifs is 19. The summed E-state index contributed by atoms with van der Waals surface area (Å²) < 4.78 is 0. The van der Waals surface area contributed by atoms with Crippen LogP contribution in [0.15, 0.2) is 297 Å². The zero-order chi connectivity index (χ0) is 58.5. The van der Waals surface area contributed by atoms with E-state index in [1.807, 2.05) is 0 Å². The molecule has 1 unspecified atom stereocenters. The molecular weight excluding hydrogens is 1060 g/mol. The Morgan fingerprint density at radius 1 is 0.295 bits per heavy atom. The number of aryl methyl sites for hydroxylation is 2. The summed E-state index contributed by atoms with van der Waals surface area (Å²) in [4.78, 5) is 5.00. The summed E-state index contributed by atoms with van der Waals surface area (Å²) in [7, 11) is 0. The van der Waals surface area contributed by atoms with Crippen molar-refractivity contribution in [3.05, 3.63) is 352 Å². The van der Waals surface area contributed by atoms with Gasteiger partial charge in [-0.1, -0.05) is 251 Å². The fraction of sp³-hybridized carbons (Fsp3) is 0.116. The molecule has 0 saturated heterocycles. The largest absolute Gasteiger partial charge is 0.310 e. The van der Waals surface area contributed by atoms with E-state index in [1.165, 1.54) is 122 Å². The van der Waals surface area contributed by atoms with Crippen molar-refractivity contribution in [2.45, 2.75) is 63.2 Å². The molecule has 88 heavy (non-hydrogen) atoms. The topological polar surface area (TPSA) is 6.48 Å². The van der Waals surface area contributed by atoms with Gasteiger partial charge in [0, 0.05) is 34.1 Å². The van der Waals surface area contributed by atoms with Crippen LogP contribution in [0.25, 0.3) is 61.2 Å². The monoisotopic (exact) mass is 1130 g/mol. The van der Waals surface area contributed by atoms with Crippen LogP contribution >= 0.6 is 0 Å². The van der Waals surface area contributed by atoms with Gasteiger partial charge in [0.2, 0.25) is 0 Å². The van der Waals surface area contributed by atoms with Gasteiger partial charge in [0.25, 0.3) is 0 Å². The quantitative estimate of drug-likeness (QED) is 0.120. The molecule has 0 aliphatic heterocycles. The molecule has 1 atom stereocenters. The predicted molar refractivity (Wildman–Crippen MR) is 368 cm³/mol. The van der Waals surface area contributed by atoms with Gasteiger partial charge >= 0.3 is 0 Å². The number of hydrogen-bond donors (Lipinski definition) is 0. The lowest BCUT2D eigenvalue weighted by Gasteiger charge is -2.34. The normalized spacial score (nSPS) is 15.5. The summed E-state index contributed by atoms with van der Waals surface area (Å²) in [6, 6.07) is 107. The standard InChI is InChI=1S/C86H66N2/c1-3-18-57-34-38-59(39-35-57)61-42-46-63(47-43-61)87(67-50-52-75-73-26-9-15-32-81(73)85(83(75)55-67)77-28-11-5-22-69(77)70-23-6-12-29-78(70)85)65-20-17-21-66(54-65)88(64-48-44-62(45-49-64)60-40-36-58(19-4-2)37-41-60)68-51-53-76-74-27-10-16-33-82(74)86(84(76)56-68)79-30-13-7-24-71(79)72-25-8-14-31-80(72)86/h5-7,9-17,20-24,26-56H,3-4,8,18-19,25H2,1-2H3. The summed E-state index contributed by atoms with van der Waals surface area (Å²) in [6.45, 7) is 4.50. The molecule has 0 amide bonds. The van der Waals surface area contributed by atoms with Crippen LogP contribution in [-0.2, 0) is 23.7 Å². The van der Waals surface area contributed by atoms with Gasteiger partial charge in [-0.15, -0.1) is 0 Å². The number of allylic oxidation sites excluding steroid dienone is 4. The minimum absolute atomic E-state index is 0.447. The first-order valence-electron chi connectivity index (χ1n) is 31.8. The molecule has 0 fully saturated rings. The first-order valence-corrected chi connectivity index (χ1v) is 31.8. The van der Waals surface area contributed by atoms with E-state index in [-0.39, 0.29) is 0 Å². The zero-order valence-electron chi connectivity index (χ0n) is 49.8. The maximum absolute atomic E-state index is 2.54. The van der Waals surface area contributed by atoms with Gasteiger partial charge in [-0.05, 0) is 215 Å². The Hall–Kier alpha value is -10.3. The average Bonchev–Trinajstić information content (AvgIpc) is 1.73. The summed E-state index contributed by atoms with van der Waals surface area (Å²) in [5, 5.41) is 0. The Balaban J connectivity index is 0.864. The van der Waals surface area contributed by atoms with Gasteiger partial charge in [-0.2, -0.15) is 0 Å².